The van der Waals surface area contributed by atoms with Crippen LogP contribution in [0.25, 0.3) is 0 Å². The SMILES string of the molecule is O=C(CCC(=O)c1ccc(Cl)cc1)NCC1CN(c2ccc(C3CNCCS3)c(F)c2)C(=O)O1. The third kappa shape index (κ3) is 6.08. The van der Waals surface area contributed by atoms with E-state index in [2.05, 4.69) is 10.6 Å². The molecule has 2 fully saturated rings. The molecule has 2 aromatic carbocycles. The van der Waals surface area contributed by atoms with Crippen LogP contribution in [0.15, 0.2) is 42.5 Å². The van der Waals surface area contributed by atoms with Gasteiger partial charge in [0.2, 0.25) is 5.91 Å². The maximum absolute atomic E-state index is 14.7. The lowest BCUT2D eigenvalue weighted by atomic mass is 10.1. The molecule has 2 N–H and O–H groups in total. The van der Waals surface area contributed by atoms with Crippen molar-refractivity contribution in [3.05, 3.63) is 64.4 Å². The zero-order valence-electron chi connectivity index (χ0n) is 18.4. The molecule has 2 atom stereocenters. The quantitative estimate of drug-likeness (QED) is 0.528. The second-order valence-corrected chi connectivity index (χ2v) is 9.87. The molecule has 0 saturated carbocycles. The molecule has 180 valence electrons. The minimum absolute atomic E-state index is 0.0204. The van der Waals surface area contributed by atoms with Crippen LogP contribution < -0.4 is 15.5 Å². The van der Waals surface area contributed by atoms with E-state index in [1.807, 2.05) is 0 Å². The van der Waals surface area contributed by atoms with Gasteiger partial charge in [-0.2, -0.15) is 11.8 Å². The first kappa shape index (κ1) is 24.5. The minimum Gasteiger partial charge on any atom is -0.442 e. The fraction of sp³-hybridized carbons (Fsp3) is 0.375. The number of cyclic esters (lactones) is 1. The van der Waals surface area contributed by atoms with Crippen LogP contribution in [-0.2, 0) is 9.53 Å². The standard InChI is InChI=1S/C24H25ClFN3O4S/c25-16-3-1-15(2-4-16)21(30)7-8-23(31)28-12-18-14-29(24(32)33-18)17-5-6-19(20(26)11-17)22-13-27-9-10-34-22/h1-6,11,18,22,27H,7-10,12-14H2,(H,28,31). The number of amides is 2. The number of ether oxygens (including phenoxy) is 1. The summed E-state index contributed by atoms with van der Waals surface area (Å²) in [5.41, 5.74) is 1.53. The molecule has 10 heteroatoms. The van der Waals surface area contributed by atoms with Crippen LogP contribution in [0.5, 0.6) is 0 Å². The highest BCUT2D eigenvalue weighted by molar-refractivity contribution is 7.99. The lowest BCUT2D eigenvalue weighted by Gasteiger charge is -2.24. The Balaban J connectivity index is 1.25. The summed E-state index contributed by atoms with van der Waals surface area (Å²) in [4.78, 5) is 38.0. The first-order chi connectivity index (χ1) is 16.4. The Morgan fingerprint density at radius 1 is 1.21 bits per heavy atom. The Bertz CT molecular complexity index is 1060. The van der Waals surface area contributed by atoms with Gasteiger partial charge in [0, 0.05) is 53.1 Å². The minimum atomic E-state index is -0.585. The van der Waals surface area contributed by atoms with E-state index in [-0.39, 0.29) is 48.7 Å². The van der Waals surface area contributed by atoms with Gasteiger partial charge in [-0.25, -0.2) is 9.18 Å². The summed E-state index contributed by atoms with van der Waals surface area (Å²) in [6.45, 7) is 1.93. The summed E-state index contributed by atoms with van der Waals surface area (Å²) < 4.78 is 20.1. The summed E-state index contributed by atoms with van der Waals surface area (Å²) in [5, 5.41) is 6.54. The molecule has 0 aromatic heterocycles. The third-order valence-electron chi connectivity index (χ3n) is 5.72. The second kappa shape index (κ2) is 11.2. The molecule has 0 spiro atoms. The van der Waals surface area contributed by atoms with E-state index in [0.29, 0.717) is 28.4 Å². The van der Waals surface area contributed by atoms with E-state index in [1.54, 1.807) is 48.2 Å². The van der Waals surface area contributed by atoms with Gasteiger partial charge in [-0.05, 0) is 36.4 Å². The van der Waals surface area contributed by atoms with Gasteiger partial charge in [0.1, 0.15) is 11.9 Å². The molecule has 2 saturated heterocycles. The van der Waals surface area contributed by atoms with Crippen molar-refractivity contribution in [2.75, 3.05) is 36.8 Å². The van der Waals surface area contributed by atoms with Crippen LogP contribution in [0, 0.1) is 5.82 Å². The first-order valence-corrected chi connectivity index (χ1v) is 12.5. The average molecular weight is 506 g/mol. The van der Waals surface area contributed by atoms with Gasteiger partial charge in [0.25, 0.3) is 0 Å². The predicted octanol–water partition coefficient (Wildman–Crippen LogP) is 3.96. The molecule has 7 nitrogen and oxygen atoms in total. The zero-order valence-corrected chi connectivity index (χ0v) is 20.0. The van der Waals surface area contributed by atoms with Gasteiger partial charge in [-0.1, -0.05) is 17.7 Å². The van der Waals surface area contributed by atoms with Crippen LogP contribution in [-0.4, -0.2) is 55.8 Å². The number of anilines is 1. The van der Waals surface area contributed by atoms with Gasteiger partial charge in [-0.3, -0.25) is 14.5 Å². The number of benzene rings is 2. The Morgan fingerprint density at radius 3 is 2.71 bits per heavy atom. The van der Waals surface area contributed by atoms with E-state index >= 15 is 0 Å². The fourth-order valence-electron chi connectivity index (χ4n) is 3.87. The van der Waals surface area contributed by atoms with E-state index < -0.39 is 12.2 Å². The van der Waals surface area contributed by atoms with Crippen LogP contribution in [0.3, 0.4) is 0 Å². The van der Waals surface area contributed by atoms with Crippen molar-refractivity contribution in [1.82, 2.24) is 10.6 Å². The number of Topliss-reactive ketones (excluding diaryl/α,β-unsaturated/α-hetero) is 1. The molecule has 0 radical (unpaired) electrons. The molecule has 2 unspecified atom stereocenters. The smallest absolute Gasteiger partial charge is 0.414 e. The molecule has 2 aliphatic heterocycles. The lowest BCUT2D eigenvalue weighted by Crippen LogP contribution is -2.34. The molecule has 0 bridgehead atoms. The Kier molecular flexibility index (Phi) is 8.07. The van der Waals surface area contributed by atoms with Crippen molar-refractivity contribution < 1.29 is 23.5 Å². The lowest BCUT2D eigenvalue weighted by molar-refractivity contribution is -0.121. The van der Waals surface area contributed by atoms with Crippen molar-refractivity contribution in [1.29, 1.82) is 0 Å². The van der Waals surface area contributed by atoms with Gasteiger partial charge in [0.15, 0.2) is 5.78 Å². The monoisotopic (exact) mass is 505 g/mol. The maximum Gasteiger partial charge on any atom is 0.414 e. The third-order valence-corrected chi connectivity index (χ3v) is 7.23. The molecule has 4 rings (SSSR count). The molecule has 0 aliphatic carbocycles. The Morgan fingerprint density at radius 2 is 2.00 bits per heavy atom. The predicted molar refractivity (Wildman–Crippen MR) is 130 cm³/mol. The van der Waals surface area contributed by atoms with Gasteiger partial charge in [-0.15, -0.1) is 0 Å². The van der Waals surface area contributed by atoms with Crippen LogP contribution >= 0.6 is 23.4 Å². The molecule has 34 heavy (non-hydrogen) atoms. The fourth-order valence-corrected chi connectivity index (χ4v) is 5.15. The summed E-state index contributed by atoms with van der Waals surface area (Å²) in [5.74, 6) is 0.102. The molecule has 2 aromatic rings. The van der Waals surface area contributed by atoms with Crippen LogP contribution in [0.1, 0.15) is 34.0 Å². The highest BCUT2D eigenvalue weighted by atomic mass is 35.5. The van der Waals surface area contributed by atoms with Crippen LogP contribution in [0.4, 0.5) is 14.9 Å². The molecular formula is C24H25ClFN3O4S. The summed E-state index contributed by atoms with van der Waals surface area (Å²) in [6, 6.07) is 11.3. The zero-order chi connectivity index (χ0) is 24.1. The number of carbonyl (C=O) groups is 3. The molecule has 2 amide bonds. The van der Waals surface area contributed by atoms with E-state index in [4.69, 9.17) is 16.3 Å². The van der Waals surface area contributed by atoms with E-state index in [9.17, 15) is 18.8 Å². The van der Waals surface area contributed by atoms with Crippen molar-refractivity contribution in [2.24, 2.45) is 0 Å². The normalized spacial score (nSPS) is 20.2. The number of rotatable bonds is 8. The molecule has 2 heterocycles. The Hall–Kier alpha value is -2.62. The van der Waals surface area contributed by atoms with Crippen molar-refractivity contribution in [2.45, 2.75) is 24.2 Å². The highest BCUT2D eigenvalue weighted by Gasteiger charge is 2.33. The first-order valence-electron chi connectivity index (χ1n) is 11.1. The topological polar surface area (TPSA) is 87.7 Å². The van der Waals surface area contributed by atoms with Crippen molar-refractivity contribution in [3.63, 3.8) is 0 Å². The van der Waals surface area contributed by atoms with Gasteiger partial charge < -0.3 is 15.4 Å². The number of hydrogen-bond acceptors (Lipinski definition) is 6. The molecule has 2 aliphatic rings. The highest BCUT2D eigenvalue weighted by Crippen LogP contribution is 2.34. The number of halogens is 2. The number of thioether (sulfide) groups is 1. The number of ketones is 1. The van der Waals surface area contributed by atoms with Crippen molar-refractivity contribution in [3.8, 4) is 0 Å². The summed E-state index contributed by atoms with van der Waals surface area (Å²) in [6.07, 6.45) is -1.07. The number of hydrogen-bond donors (Lipinski definition) is 2. The summed E-state index contributed by atoms with van der Waals surface area (Å²) in [7, 11) is 0. The largest absolute Gasteiger partial charge is 0.442 e. The number of carbonyl (C=O) groups excluding carboxylic acids is 3. The number of nitrogens with one attached hydrogen (secondary N) is 2. The van der Waals surface area contributed by atoms with E-state index in [0.717, 1.165) is 12.3 Å². The second-order valence-electron chi connectivity index (χ2n) is 8.12. The Labute approximate surface area is 206 Å². The van der Waals surface area contributed by atoms with Gasteiger partial charge in [0.05, 0.1) is 18.8 Å². The van der Waals surface area contributed by atoms with E-state index in [1.165, 1.54) is 11.0 Å². The average Bonchev–Trinajstić information content (AvgIpc) is 3.22. The number of nitrogens with zero attached hydrogens (tertiary/aromatic N) is 1. The van der Waals surface area contributed by atoms with Crippen LogP contribution in [0.2, 0.25) is 5.02 Å². The molecular weight excluding hydrogens is 481 g/mol. The maximum atomic E-state index is 14.7. The van der Waals surface area contributed by atoms with Gasteiger partial charge >= 0.3 is 6.09 Å². The van der Waals surface area contributed by atoms with Crippen molar-refractivity contribution >= 4 is 46.8 Å². The summed E-state index contributed by atoms with van der Waals surface area (Å²) >= 11 is 7.53.